The zero-order valence-corrected chi connectivity index (χ0v) is 13.0. The maximum Gasteiger partial charge on any atom is 0.410 e. The number of ether oxygens (including phenoxy) is 1. The molecule has 2 aliphatic rings. The van der Waals surface area contributed by atoms with Crippen molar-refractivity contribution in [3.63, 3.8) is 0 Å². The smallest absolute Gasteiger partial charge is 0.410 e. The van der Waals surface area contributed by atoms with Crippen LogP contribution in [0.15, 0.2) is 18.2 Å². The summed E-state index contributed by atoms with van der Waals surface area (Å²) in [6.07, 6.45) is -0.319. The van der Waals surface area contributed by atoms with Crippen LogP contribution < -0.4 is 5.32 Å². The first-order valence-electron chi connectivity index (χ1n) is 7.30. The summed E-state index contributed by atoms with van der Waals surface area (Å²) in [6.45, 7) is 7.26. The summed E-state index contributed by atoms with van der Waals surface area (Å²) in [5.41, 5.74) is 1.23. The van der Waals surface area contributed by atoms with Crippen LogP contribution in [-0.2, 0) is 10.2 Å². The lowest BCUT2D eigenvalue weighted by Gasteiger charge is -2.47. The van der Waals surface area contributed by atoms with Gasteiger partial charge in [-0.1, -0.05) is 12.1 Å². The fraction of sp³-hybridized carbons (Fsp3) is 0.500. The second-order valence-electron chi connectivity index (χ2n) is 7.00. The average Bonchev–Trinajstić information content (AvgIpc) is 2.73. The minimum absolute atomic E-state index is 0.197. The highest BCUT2D eigenvalue weighted by Gasteiger charge is 2.51. The molecule has 1 spiro atoms. The van der Waals surface area contributed by atoms with Crippen LogP contribution in [0.1, 0.15) is 36.7 Å². The molecule has 118 valence electrons. The molecule has 1 amide bonds. The number of benzene rings is 1. The molecule has 0 atom stereocenters. The summed E-state index contributed by atoms with van der Waals surface area (Å²) >= 11 is 0. The molecule has 0 bridgehead atoms. The number of hydrogen-bond donors (Lipinski definition) is 2. The number of aromatic carboxylic acids is 1. The van der Waals surface area contributed by atoms with Crippen LogP contribution in [-0.4, -0.2) is 47.3 Å². The fourth-order valence-electron chi connectivity index (χ4n) is 3.14. The molecule has 3 rings (SSSR count). The molecule has 2 aliphatic heterocycles. The van der Waals surface area contributed by atoms with Crippen molar-refractivity contribution >= 4 is 17.7 Å². The molecular formula is C16H20N2O4. The van der Waals surface area contributed by atoms with Gasteiger partial charge in [0.1, 0.15) is 5.60 Å². The second kappa shape index (κ2) is 4.63. The van der Waals surface area contributed by atoms with Gasteiger partial charge in [-0.15, -0.1) is 0 Å². The minimum Gasteiger partial charge on any atom is -0.478 e. The molecule has 22 heavy (non-hydrogen) atoms. The van der Waals surface area contributed by atoms with Crippen molar-refractivity contribution in [1.82, 2.24) is 4.90 Å². The molecule has 0 unspecified atom stereocenters. The van der Waals surface area contributed by atoms with E-state index < -0.39 is 11.6 Å². The maximum atomic E-state index is 12.1. The fourth-order valence-corrected chi connectivity index (χ4v) is 3.14. The molecule has 0 radical (unpaired) electrons. The Bertz CT molecular complexity index is 642. The van der Waals surface area contributed by atoms with Gasteiger partial charge in [0, 0.05) is 19.6 Å². The number of nitrogens with one attached hydrogen (secondary N) is 1. The van der Waals surface area contributed by atoms with Gasteiger partial charge in [0.25, 0.3) is 0 Å². The van der Waals surface area contributed by atoms with Crippen molar-refractivity contribution < 1.29 is 19.4 Å². The molecule has 1 fully saturated rings. The van der Waals surface area contributed by atoms with E-state index in [9.17, 15) is 14.7 Å². The molecule has 2 heterocycles. The zero-order valence-electron chi connectivity index (χ0n) is 13.0. The predicted molar refractivity (Wildman–Crippen MR) is 81.4 cm³/mol. The Balaban J connectivity index is 1.78. The summed E-state index contributed by atoms with van der Waals surface area (Å²) in [5, 5.41) is 12.4. The van der Waals surface area contributed by atoms with Crippen molar-refractivity contribution in [2.75, 3.05) is 25.0 Å². The number of hydrogen-bond acceptors (Lipinski definition) is 4. The van der Waals surface area contributed by atoms with E-state index in [1.54, 1.807) is 17.0 Å². The topological polar surface area (TPSA) is 78.9 Å². The van der Waals surface area contributed by atoms with Crippen LogP contribution in [0, 0.1) is 0 Å². The van der Waals surface area contributed by atoms with Crippen molar-refractivity contribution in [3.05, 3.63) is 29.3 Å². The molecular weight excluding hydrogens is 284 g/mol. The average molecular weight is 304 g/mol. The summed E-state index contributed by atoms with van der Waals surface area (Å²) in [5.74, 6) is -0.940. The maximum absolute atomic E-state index is 12.1. The van der Waals surface area contributed by atoms with Crippen molar-refractivity contribution in [2.45, 2.75) is 31.8 Å². The zero-order chi connectivity index (χ0) is 16.1. The van der Waals surface area contributed by atoms with Gasteiger partial charge in [-0.25, -0.2) is 9.59 Å². The van der Waals surface area contributed by atoms with Gasteiger partial charge in [0.15, 0.2) is 0 Å². The van der Waals surface area contributed by atoms with Crippen molar-refractivity contribution in [3.8, 4) is 0 Å². The van der Waals surface area contributed by atoms with Crippen molar-refractivity contribution in [1.29, 1.82) is 0 Å². The molecule has 2 N–H and O–H groups in total. The van der Waals surface area contributed by atoms with Crippen LogP contribution in [0.3, 0.4) is 0 Å². The number of carboxylic acid groups (broad SMARTS) is 1. The lowest BCUT2D eigenvalue weighted by molar-refractivity contribution is -0.00630. The van der Waals surface area contributed by atoms with Crippen molar-refractivity contribution in [2.24, 2.45) is 0 Å². The van der Waals surface area contributed by atoms with E-state index >= 15 is 0 Å². The second-order valence-corrected chi connectivity index (χ2v) is 7.00. The van der Waals surface area contributed by atoms with Crippen LogP contribution in [0.25, 0.3) is 0 Å². The SMILES string of the molecule is CC(C)(C)OC(=O)N1CC2(CNc3c(C(=O)O)cccc32)C1. The Hall–Kier alpha value is -2.24. The number of rotatable bonds is 1. The Kier molecular flexibility index (Phi) is 3.09. The lowest BCUT2D eigenvalue weighted by atomic mass is 9.75. The van der Waals surface area contributed by atoms with E-state index in [0.717, 1.165) is 5.56 Å². The number of carbonyl (C=O) groups excluding carboxylic acids is 1. The first-order valence-corrected chi connectivity index (χ1v) is 7.30. The molecule has 0 saturated carbocycles. The third kappa shape index (κ3) is 2.28. The molecule has 0 aromatic heterocycles. The molecule has 6 heteroatoms. The van der Waals surface area contributed by atoms with E-state index in [4.69, 9.17) is 4.74 Å². The monoisotopic (exact) mass is 304 g/mol. The van der Waals surface area contributed by atoms with Gasteiger partial charge >= 0.3 is 12.1 Å². The molecule has 1 aromatic rings. The Morgan fingerprint density at radius 2 is 2.00 bits per heavy atom. The standard InChI is InChI=1S/C16H20N2O4/c1-15(2,3)22-14(21)18-8-16(9-18)7-17-12-10(13(19)20)5-4-6-11(12)16/h4-6,17H,7-9H2,1-3H3,(H,19,20). The van der Waals surface area contributed by atoms with Gasteiger partial charge in [-0.3, -0.25) is 0 Å². The number of anilines is 1. The Labute approximate surface area is 129 Å². The molecule has 6 nitrogen and oxygen atoms in total. The van der Waals surface area contributed by atoms with Crippen LogP contribution >= 0.6 is 0 Å². The number of fused-ring (bicyclic) bond motifs is 2. The first-order chi connectivity index (χ1) is 10.2. The van der Waals surface area contributed by atoms with Gasteiger partial charge in [0.05, 0.1) is 16.7 Å². The van der Waals surface area contributed by atoms with Gasteiger partial charge in [-0.2, -0.15) is 0 Å². The van der Waals surface area contributed by atoms with Crippen LogP contribution in [0.2, 0.25) is 0 Å². The van der Waals surface area contributed by atoms with Gasteiger partial charge in [0.2, 0.25) is 0 Å². The largest absolute Gasteiger partial charge is 0.478 e. The quantitative estimate of drug-likeness (QED) is 0.832. The highest BCUT2D eigenvalue weighted by atomic mass is 16.6. The Morgan fingerprint density at radius 3 is 2.59 bits per heavy atom. The van der Waals surface area contributed by atoms with Crippen LogP contribution in [0.4, 0.5) is 10.5 Å². The highest BCUT2D eigenvalue weighted by molar-refractivity contribution is 5.96. The Morgan fingerprint density at radius 1 is 1.32 bits per heavy atom. The highest BCUT2D eigenvalue weighted by Crippen LogP contribution is 2.45. The lowest BCUT2D eigenvalue weighted by Crippen LogP contribution is -2.62. The van der Waals surface area contributed by atoms with E-state index in [-0.39, 0.29) is 17.1 Å². The van der Waals surface area contributed by atoms with E-state index in [1.165, 1.54) is 0 Å². The molecule has 1 saturated heterocycles. The van der Waals surface area contributed by atoms with Crippen LogP contribution in [0.5, 0.6) is 0 Å². The minimum atomic E-state index is -0.940. The number of carbonyl (C=O) groups is 2. The predicted octanol–water partition coefficient (Wildman–Crippen LogP) is 2.30. The van der Waals surface area contributed by atoms with Gasteiger partial charge in [-0.05, 0) is 32.4 Å². The summed E-state index contributed by atoms with van der Waals surface area (Å²) in [6, 6.07) is 5.29. The van der Waals surface area contributed by atoms with E-state index in [0.29, 0.717) is 25.3 Å². The molecule has 1 aromatic carbocycles. The number of carboxylic acids is 1. The summed E-state index contributed by atoms with van der Waals surface area (Å²) < 4.78 is 5.37. The third-order valence-electron chi connectivity index (χ3n) is 4.11. The number of para-hydroxylation sites is 1. The molecule has 0 aliphatic carbocycles. The number of nitrogens with zero attached hydrogens (tertiary/aromatic N) is 1. The van der Waals surface area contributed by atoms with E-state index in [1.807, 2.05) is 26.8 Å². The van der Waals surface area contributed by atoms with Gasteiger partial charge < -0.3 is 20.1 Å². The number of likely N-dealkylation sites (tertiary alicyclic amines) is 1. The summed E-state index contributed by atoms with van der Waals surface area (Å²) in [7, 11) is 0. The third-order valence-corrected chi connectivity index (χ3v) is 4.11. The normalized spacial score (nSPS) is 18.4. The first kappa shape index (κ1) is 14.7. The van der Waals surface area contributed by atoms with E-state index in [2.05, 4.69) is 5.32 Å². The summed E-state index contributed by atoms with van der Waals surface area (Å²) in [4.78, 5) is 25.0. The number of amides is 1.